The number of ether oxygens (including phenoxy) is 1. The Labute approximate surface area is 198 Å². The van der Waals surface area contributed by atoms with Crippen LogP contribution in [-0.2, 0) is 4.74 Å². The van der Waals surface area contributed by atoms with Gasteiger partial charge in [0.15, 0.2) is 5.69 Å². The van der Waals surface area contributed by atoms with E-state index in [1.165, 1.54) is 47.1 Å². The van der Waals surface area contributed by atoms with Crippen molar-refractivity contribution < 1.29 is 14.1 Å². The molecule has 1 fully saturated rings. The van der Waals surface area contributed by atoms with Gasteiger partial charge in [0.25, 0.3) is 5.69 Å². The van der Waals surface area contributed by atoms with Crippen molar-refractivity contribution in [3.63, 3.8) is 0 Å². The topological polar surface area (TPSA) is 129 Å². The smallest absolute Gasteiger partial charge is 0.301 e. The lowest BCUT2D eigenvalue weighted by atomic mass is 10.2. The molecule has 3 aromatic rings. The maximum atomic E-state index is 13.1. The zero-order valence-corrected chi connectivity index (χ0v) is 19.0. The van der Waals surface area contributed by atoms with Gasteiger partial charge in [-0.1, -0.05) is 11.8 Å². The van der Waals surface area contributed by atoms with E-state index in [2.05, 4.69) is 20.2 Å². The first-order valence-corrected chi connectivity index (χ1v) is 11.5. The van der Waals surface area contributed by atoms with Crippen LogP contribution in [0.2, 0.25) is 0 Å². The molecule has 34 heavy (non-hydrogen) atoms. The molecule has 1 aliphatic heterocycles. The van der Waals surface area contributed by atoms with Crippen LogP contribution >= 0.6 is 11.8 Å². The third-order valence-corrected chi connectivity index (χ3v) is 5.85. The number of furan rings is 1. The van der Waals surface area contributed by atoms with Gasteiger partial charge in [0.05, 0.1) is 30.6 Å². The Morgan fingerprint density at radius 2 is 1.94 bits per heavy atom. The number of nitro benzene ring substituents is 1. The molecule has 0 saturated carbocycles. The molecule has 11 nitrogen and oxygen atoms in total. The highest BCUT2D eigenvalue weighted by atomic mass is 32.2. The second-order valence-electron chi connectivity index (χ2n) is 7.23. The summed E-state index contributed by atoms with van der Waals surface area (Å²) in [7, 11) is 0. The Balaban J connectivity index is 1.56. The highest BCUT2D eigenvalue weighted by molar-refractivity contribution is 7.99. The first-order valence-electron chi connectivity index (χ1n) is 10.5. The minimum absolute atomic E-state index is 0.0235. The number of rotatable bonds is 9. The van der Waals surface area contributed by atoms with E-state index >= 15 is 0 Å². The molecular weight excluding hydrogens is 460 g/mol. The zero-order valence-electron chi connectivity index (χ0n) is 18.1. The molecular formula is C22H22N6O5S. The van der Waals surface area contributed by atoms with E-state index in [9.17, 15) is 14.9 Å². The lowest BCUT2D eigenvalue weighted by molar-refractivity contribution is -0.384. The molecule has 4 rings (SSSR count). The summed E-state index contributed by atoms with van der Waals surface area (Å²) in [6.07, 6.45) is 6.14. The van der Waals surface area contributed by atoms with Crippen LogP contribution in [0, 0.1) is 10.1 Å². The molecule has 176 valence electrons. The predicted octanol–water partition coefficient (Wildman–Crippen LogP) is 2.62. The first kappa shape index (κ1) is 23.5. The molecule has 12 heteroatoms. The second kappa shape index (κ2) is 11.5. The number of morpholine rings is 1. The van der Waals surface area contributed by atoms with Crippen LogP contribution in [0.4, 0.5) is 5.69 Å². The Morgan fingerprint density at radius 1 is 1.15 bits per heavy atom. The van der Waals surface area contributed by atoms with Crippen LogP contribution < -0.4 is 5.56 Å². The minimum Gasteiger partial charge on any atom is -0.465 e. The van der Waals surface area contributed by atoms with Gasteiger partial charge in [-0.25, -0.2) is 0 Å². The van der Waals surface area contributed by atoms with E-state index in [1.54, 1.807) is 30.3 Å². The van der Waals surface area contributed by atoms with Gasteiger partial charge in [-0.05, 0) is 42.0 Å². The fourth-order valence-electron chi connectivity index (χ4n) is 3.12. The first-order chi connectivity index (χ1) is 16.6. The van der Waals surface area contributed by atoms with Crippen molar-refractivity contribution in [3.05, 3.63) is 80.1 Å². The van der Waals surface area contributed by atoms with E-state index in [0.29, 0.717) is 35.4 Å². The molecule has 1 aliphatic rings. The summed E-state index contributed by atoms with van der Waals surface area (Å²) in [5.74, 6) is 1.27. The van der Waals surface area contributed by atoms with Gasteiger partial charge in [-0.3, -0.25) is 19.8 Å². The molecule has 0 spiro atoms. The molecule has 3 heterocycles. The van der Waals surface area contributed by atoms with Crippen molar-refractivity contribution in [3.8, 4) is 0 Å². The quantitative estimate of drug-likeness (QED) is 0.196. The van der Waals surface area contributed by atoms with Gasteiger partial charge in [-0.15, -0.1) is 10.2 Å². The Hall–Kier alpha value is -3.61. The molecule has 0 amide bonds. The molecule has 1 aromatic carbocycles. The van der Waals surface area contributed by atoms with E-state index in [0.717, 1.165) is 19.6 Å². The van der Waals surface area contributed by atoms with E-state index < -0.39 is 10.5 Å². The molecule has 2 aromatic heterocycles. The van der Waals surface area contributed by atoms with Gasteiger partial charge >= 0.3 is 5.56 Å². The summed E-state index contributed by atoms with van der Waals surface area (Å²) in [6, 6.07) is 9.38. The van der Waals surface area contributed by atoms with Crippen molar-refractivity contribution in [1.82, 2.24) is 19.8 Å². The molecule has 0 atom stereocenters. The van der Waals surface area contributed by atoms with Gasteiger partial charge in [0.2, 0.25) is 5.16 Å². The molecule has 1 saturated heterocycles. The lowest BCUT2D eigenvalue weighted by Crippen LogP contribution is -2.37. The van der Waals surface area contributed by atoms with Gasteiger partial charge in [-0.2, -0.15) is 9.78 Å². The molecule has 0 radical (unpaired) electrons. The second-order valence-corrected chi connectivity index (χ2v) is 8.29. The standard InChI is InChI=1S/C22H22N6O5S/c29-21-20(8-7-19-2-1-12-33-19)24-25-22(34-15-11-26-9-13-32-14-10-26)27(21)23-16-17-3-5-18(6-4-17)28(30)31/h1-8,12,16H,9-11,13-15H2/b8-7+,23-16+. The minimum atomic E-state index is -0.473. The molecule has 0 unspecified atom stereocenters. The van der Waals surface area contributed by atoms with Crippen molar-refractivity contribution in [2.45, 2.75) is 5.16 Å². The monoisotopic (exact) mass is 482 g/mol. The van der Waals surface area contributed by atoms with Gasteiger partial charge in [0.1, 0.15) is 5.76 Å². The Kier molecular flexibility index (Phi) is 7.96. The fraction of sp³-hybridized carbons (Fsp3) is 0.273. The zero-order chi connectivity index (χ0) is 23.8. The number of non-ortho nitro benzene ring substituents is 1. The molecule has 0 aliphatic carbocycles. The van der Waals surface area contributed by atoms with Gasteiger partial charge in [0, 0.05) is 37.5 Å². The largest absolute Gasteiger partial charge is 0.465 e. The highest BCUT2D eigenvalue weighted by Crippen LogP contribution is 2.15. The third-order valence-electron chi connectivity index (χ3n) is 4.95. The van der Waals surface area contributed by atoms with Gasteiger partial charge < -0.3 is 9.15 Å². The van der Waals surface area contributed by atoms with Crippen molar-refractivity contribution >= 4 is 35.8 Å². The number of hydrogen-bond donors (Lipinski definition) is 0. The maximum Gasteiger partial charge on any atom is 0.301 e. The van der Waals surface area contributed by atoms with Crippen LogP contribution in [0.25, 0.3) is 12.2 Å². The summed E-state index contributed by atoms with van der Waals surface area (Å²) in [5.41, 5.74) is 0.246. The van der Waals surface area contributed by atoms with Crippen molar-refractivity contribution in [2.75, 3.05) is 38.6 Å². The summed E-state index contributed by atoms with van der Waals surface area (Å²) in [6.45, 7) is 3.98. The number of aromatic nitrogens is 3. The summed E-state index contributed by atoms with van der Waals surface area (Å²) in [5, 5.41) is 23.8. The Morgan fingerprint density at radius 3 is 2.65 bits per heavy atom. The van der Waals surface area contributed by atoms with Crippen LogP contribution in [0.15, 0.2) is 62.1 Å². The number of nitrogens with zero attached hydrogens (tertiary/aromatic N) is 6. The fourth-order valence-corrected chi connectivity index (χ4v) is 4.00. The van der Waals surface area contributed by atoms with E-state index in [-0.39, 0.29) is 11.4 Å². The lowest BCUT2D eigenvalue weighted by Gasteiger charge is -2.26. The number of thioether (sulfide) groups is 1. The molecule has 0 N–H and O–H groups in total. The number of nitro groups is 1. The molecule has 0 bridgehead atoms. The van der Waals surface area contributed by atoms with Crippen LogP contribution in [0.5, 0.6) is 0 Å². The van der Waals surface area contributed by atoms with Crippen LogP contribution in [0.3, 0.4) is 0 Å². The van der Waals surface area contributed by atoms with E-state index in [4.69, 9.17) is 9.15 Å². The summed E-state index contributed by atoms with van der Waals surface area (Å²) < 4.78 is 11.8. The van der Waals surface area contributed by atoms with Crippen LogP contribution in [0.1, 0.15) is 17.0 Å². The Bertz CT molecular complexity index is 1220. The summed E-state index contributed by atoms with van der Waals surface area (Å²) in [4.78, 5) is 25.8. The highest BCUT2D eigenvalue weighted by Gasteiger charge is 2.14. The summed E-state index contributed by atoms with van der Waals surface area (Å²) >= 11 is 1.38. The van der Waals surface area contributed by atoms with Crippen molar-refractivity contribution in [1.29, 1.82) is 0 Å². The maximum absolute atomic E-state index is 13.1. The van der Waals surface area contributed by atoms with Crippen molar-refractivity contribution in [2.24, 2.45) is 5.10 Å². The number of hydrogen-bond acceptors (Lipinski definition) is 10. The average molecular weight is 483 g/mol. The number of benzene rings is 1. The third kappa shape index (κ3) is 6.25. The predicted molar refractivity (Wildman–Crippen MR) is 128 cm³/mol. The normalized spacial score (nSPS) is 14.8. The van der Waals surface area contributed by atoms with E-state index in [1.807, 2.05) is 0 Å². The average Bonchev–Trinajstić information content (AvgIpc) is 3.38. The van der Waals surface area contributed by atoms with Crippen LogP contribution in [-0.4, -0.2) is 69.5 Å². The SMILES string of the molecule is O=c1c(/C=C/c2ccco2)nnc(SCCN2CCOCC2)n1/N=C/c1ccc([N+](=O)[O-])cc1.